The molecule has 0 saturated heterocycles. The van der Waals surface area contributed by atoms with Crippen LogP contribution in [0.2, 0.25) is 0 Å². The minimum absolute atomic E-state index is 0.0928. The molecule has 1 amide bonds. The fraction of sp³-hybridized carbons (Fsp3) is 0.500. The Labute approximate surface area is 86.3 Å². The average molecular weight is 215 g/mol. The monoisotopic (exact) mass is 215 g/mol. The lowest BCUT2D eigenvalue weighted by molar-refractivity contribution is -0.117. The third kappa shape index (κ3) is 3.41. The Balaban J connectivity index is 2.39. The molecule has 0 saturated carbocycles. The van der Waals surface area contributed by atoms with Crippen molar-refractivity contribution in [3.63, 3.8) is 0 Å². The number of hydrogen-bond acceptors (Lipinski definition) is 5. The summed E-state index contributed by atoms with van der Waals surface area (Å²) < 4.78 is 4.78. The van der Waals surface area contributed by atoms with Gasteiger partial charge in [0.1, 0.15) is 0 Å². The lowest BCUT2D eigenvalue weighted by Gasteiger charge is -1.99. The number of hydrogen-bond donors (Lipinski definition) is 2. The summed E-state index contributed by atoms with van der Waals surface area (Å²) in [7, 11) is 1.56. The Kier molecular flexibility index (Phi) is 4.51. The van der Waals surface area contributed by atoms with Gasteiger partial charge in [-0.1, -0.05) is 0 Å². The van der Waals surface area contributed by atoms with E-state index < -0.39 is 0 Å². The van der Waals surface area contributed by atoms with Gasteiger partial charge < -0.3 is 15.8 Å². The van der Waals surface area contributed by atoms with Gasteiger partial charge in [-0.15, -0.1) is 11.3 Å². The number of anilines is 1. The minimum Gasteiger partial charge on any atom is -0.384 e. The molecule has 0 atom stereocenters. The second-order valence-electron chi connectivity index (χ2n) is 2.64. The molecule has 1 rings (SSSR count). The Morgan fingerprint density at radius 1 is 1.79 bits per heavy atom. The first kappa shape index (κ1) is 11.1. The molecule has 1 aromatic rings. The van der Waals surface area contributed by atoms with E-state index in [1.165, 1.54) is 11.3 Å². The lowest BCUT2D eigenvalue weighted by atomic mass is 10.4. The molecule has 0 fully saturated rings. The molecule has 0 aliphatic heterocycles. The maximum atomic E-state index is 11.2. The van der Waals surface area contributed by atoms with E-state index in [2.05, 4.69) is 10.3 Å². The smallest absolute Gasteiger partial charge is 0.228 e. The minimum atomic E-state index is -0.0928. The fourth-order valence-corrected chi connectivity index (χ4v) is 1.57. The van der Waals surface area contributed by atoms with Crippen LogP contribution in [0.1, 0.15) is 12.1 Å². The number of nitrogens with two attached hydrogens (primary N) is 1. The summed E-state index contributed by atoms with van der Waals surface area (Å²) in [5, 5.41) is 5.08. The Morgan fingerprint density at radius 3 is 3.14 bits per heavy atom. The number of rotatable bonds is 5. The number of nitrogens with zero attached hydrogens (tertiary/aromatic N) is 1. The molecule has 0 radical (unpaired) electrons. The maximum absolute atomic E-state index is 11.2. The van der Waals surface area contributed by atoms with Crippen LogP contribution in [0.15, 0.2) is 5.38 Å². The first-order chi connectivity index (χ1) is 6.76. The summed E-state index contributed by atoms with van der Waals surface area (Å²) >= 11 is 1.37. The zero-order chi connectivity index (χ0) is 10.4. The average Bonchev–Trinajstić information content (AvgIpc) is 2.62. The van der Waals surface area contributed by atoms with Gasteiger partial charge in [0.2, 0.25) is 5.91 Å². The summed E-state index contributed by atoms with van der Waals surface area (Å²) in [5.41, 5.74) is 6.17. The highest BCUT2D eigenvalue weighted by molar-refractivity contribution is 7.13. The van der Waals surface area contributed by atoms with Crippen molar-refractivity contribution in [3.05, 3.63) is 11.1 Å². The van der Waals surface area contributed by atoms with E-state index in [1.807, 2.05) is 5.38 Å². The molecule has 0 aliphatic carbocycles. The van der Waals surface area contributed by atoms with Crippen molar-refractivity contribution in [2.45, 2.75) is 13.0 Å². The van der Waals surface area contributed by atoms with Crippen LogP contribution in [-0.2, 0) is 16.1 Å². The van der Waals surface area contributed by atoms with E-state index in [1.54, 1.807) is 7.11 Å². The van der Waals surface area contributed by atoms with Crippen molar-refractivity contribution in [1.29, 1.82) is 0 Å². The SMILES string of the molecule is COCCC(=O)Nc1nc(CN)cs1. The zero-order valence-electron chi connectivity index (χ0n) is 7.95. The van der Waals surface area contributed by atoms with Gasteiger partial charge in [-0.05, 0) is 0 Å². The molecule has 78 valence electrons. The quantitative estimate of drug-likeness (QED) is 0.753. The molecule has 3 N–H and O–H groups in total. The van der Waals surface area contributed by atoms with Crippen LogP contribution < -0.4 is 11.1 Å². The van der Waals surface area contributed by atoms with Gasteiger partial charge >= 0.3 is 0 Å². The lowest BCUT2D eigenvalue weighted by Crippen LogP contribution is -2.13. The van der Waals surface area contributed by atoms with Crippen molar-refractivity contribution in [2.75, 3.05) is 19.0 Å². The summed E-state index contributed by atoms with van der Waals surface area (Å²) in [6, 6.07) is 0. The molecule has 5 nitrogen and oxygen atoms in total. The fourth-order valence-electron chi connectivity index (χ4n) is 0.835. The highest BCUT2D eigenvalue weighted by Crippen LogP contribution is 2.14. The molecular formula is C8H13N3O2S. The molecule has 14 heavy (non-hydrogen) atoms. The predicted octanol–water partition coefficient (Wildman–Crippen LogP) is 0.577. The predicted molar refractivity (Wildman–Crippen MR) is 55.1 cm³/mol. The molecule has 1 heterocycles. The molecular weight excluding hydrogens is 202 g/mol. The number of methoxy groups -OCH3 is 1. The van der Waals surface area contributed by atoms with Crippen molar-refractivity contribution in [1.82, 2.24) is 4.98 Å². The van der Waals surface area contributed by atoms with Crippen molar-refractivity contribution < 1.29 is 9.53 Å². The molecule has 1 aromatic heterocycles. The third-order valence-corrected chi connectivity index (χ3v) is 2.35. The Hall–Kier alpha value is -0.980. The summed E-state index contributed by atoms with van der Waals surface area (Å²) in [6.07, 6.45) is 0.341. The van der Waals surface area contributed by atoms with Crippen LogP contribution in [0.4, 0.5) is 5.13 Å². The summed E-state index contributed by atoms with van der Waals surface area (Å²) in [5.74, 6) is -0.0928. The maximum Gasteiger partial charge on any atom is 0.228 e. The zero-order valence-corrected chi connectivity index (χ0v) is 8.76. The van der Waals surface area contributed by atoms with Gasteiger partial charge in [-0.3, -0.25) is 4.79 Å². The molecule has 0 bridgehead atoms. The first-order valence-electron chi connectivity index (χ1n) is 4.19. The number of ether oxygens (including phenoxy) is 1. The summed E-state index contributed by atoms with van der Waals surface area (Å²) in [4.78, 5) is 15.3. The molecule has 0 aromatic carbocycles. The van der Waals surface area contributed by atoms with Crippen LogP contribution in [0.25, 0.3) is 0 Å². The normalized spacial score (nSPS) is 10.1. The van der Waals surface area contributed by atoms with Crippen LogP contribution in [-0.4, -0.2) is 24.6 Å². The number of nitrogens with one attached hydrogen (secondary N) is 1. The first-order valence-corrected chi connectivity index (χ1v) is 5.07. The van der Waals surface area contributed by atoms with Crippen LogP contribution >= 0.6 is 11.3 Å². The van der Waals surface area contributed by atoms with E-state index in [4.69, 9.17) is 10.5 Å². The summed E-state index contributed by atoms with van der Waals surface area (Å²) in [6.45, 7) is 0.811. The van der Waals surface area contributed by atoms with Crippen molar-refractivity contribution in [3.8, 4) is 0 Å². The number of carbonyl (C=O) groups is 1. The second kappa shape index (κ2) is 5.69. The van der Waals surface area contributed by atoms with Gasteiger partial charge in [0, 0.05) is 19.0 Å². The standard InChI is InChI=1S/C8H13N3O2S/c1-13-3-2-7(12)11-8-10-6(4-9)5-14-8/h5H,2-4,9H2,1H3,(H,10,11,12). The number of thiazole rings is 1. The largest absolute Gasteiger partial charge is 0.384 e. The van der Waals surface area contributed by atoms with Crippen molar-refractivity contribution in [2.24, 2.45) is 5.73 Å². The van der Waals surface area contributed by atoms with Gasteiger partial charge in [0.05, 0.1) is 18.7 Å². The number of amides is 1. The van der Waals surface area contributed by atoms with Gasteiger partial charge in [0.25, 0.3) is 0 Å². The van der Waals surface area contributed by atoms with E-state index in [0.29, 0.717) is 24.7 Å². The Morgan fingerprint density at radius 2 is 2.57 bits per heavy atom. The number of carbonyl (C=O) groups excluding carboxylic acids is 1. The van der Waals surface area contributed by atoms with Gasteiger partial charge in [0.15, 0.2) is 5.13 Å². The van der Waals surface area contributed by atoms with Crippen LogP contribution in [0, 0.1) is 0 Å². The number of aromatic nitrogens is 1. The van der Waals surface area contributed by atoms with Gasteiger partial charge in [-0.25, -0.2) is 4.98 Å². The Bertz CT molecular complexity index is 301. The molecule has 0 aliphatic rings. The second-order valence-corrected chi connectivity index (χ2v) is 3.50. The van der Waals surface area contributed by atoms with Crippen molar-refractivity contribution >= 4 is 22.4 Å². The highest BCUT2D eigenvalue weighted by Gasteiger charge is 2.05. The molecule has 0 spiro atoms. The molecule has 6 heteroatoms. The van der Waals surface area contributed by atoms with E-state index in [9.17, 15) is 4.79 Å². The van der Waals surface area contributed by atoms with E-state index >= 15 is 0 Å². The van der Waals surface area contributed by atoms with Crippen LogP contribution in [0.5, 0.6) is 0 Å². The topological polar surface area (TPSA) is 77.2 Å². The highest BCUT2D eigenvalue weighted by atomic mass is 32.1. The van der Waals surface area contributed by atoms with E-state index in [-0.39, 0.29) is 5.91 Å². The van der Waals surface area contributed by atoms with Crippen LogP contribution in [0.3, 0.4) is 0 Å². The molecule has 0 unspecified atom stereocenters. The van der Waals surface area contributed by atoms with E-state index in [0.717, 1.165) is 5.69 Å². The van der Waals surface area contributed by atoms with Gasteiger partial charge in [-0.2, -0.15) is 0 Å². The third-order valence-electron chi connectivity index (χ3n) is 1.54.